The molecule has 1 aliphatic carbocycles. The summed E-state index contributed by atoms with van der Waals surface area (Å²) in [6.45, 7) is 1.12. The summed E-state index contributed by atoms with van der Waals surface area (Å²) >= 11 is 0. The van der Waals surface area contributed by atoms with Gasteiger partial charge in [0.1, 0.15) is 0 Å². The second-order valence-corrected chi connectivity index (χ2v) is 4.31. The minimum Gasteiger partial charge on any atom is -0.394 e. The quantitative estimate of drug-likeness (QED) is 0.561. The van der Waals surface area contributed by atoms with Gasteiger partial charge in [-0.3, -0.25) is 0 Å². The molecule has 82 valence electrons. The predicted molar refractivity (Wildman–Crippen MR) is 52.0 cm³/mol. The molecule has 0 spiro atoms. The van der Waals surface area contributed by atoms with Crippen molar-refractivity contribution in [2.45, 2.75) is 37.5 Å². The summed E-state index contributed by atoms with van der Waals surface area (Å²) in [5, 5.41) is 21.1. The molecule has 2 unspecified atom stereocenters. The molecule has 3 N–H and O–H groups in total. The van der Waals surface area contributed by atoms with Gasteiger partial charge in [0.25, 0.3) is 0 Å². The van der Waals surface area contributed by atoms with Crippen molar-refractivity contribution in [3.05, 3.63) is 0 Å². The fourth-order valence-corrected chi connectivity index (χ4v) is 2.07. The first-order valence-electron chi connectivity index (χ1n) is 5.45. The molecule has 4 heteroatoms. The lowest BCUT2D eigenvalue weighted by molar-refractivity contribution is 0.0674. The lowest BCUT2D eigenvalue weighted by atomic mass is 10.1. The summed E-state index contributed by atoms with van der Waals surface area (Å²) < 4.78 is 5.65. The molecule has 2 rings (SSSR count). The molecular formula is C10H19NO3. The minimum atomic E-state index is -0.643. The van der Waals surface area contributed by atoms with E-state index < -0.39 is 6.10 Å². The monoisotopic (exact) mass is 201 g/mol. The molecule has 1 saturated heterocycles. The first kappa shape index (κ1) is 10.4. The molecule has 3 atom stereocenters. The van der Waals surface area contributed by atoms with Crippen LogP contribution in [0.1, 0.15) is 19.3 Å². The highest BCUT2D eigenvalue weighted by Crippen LogP contribution is 2.38. The molecule has 0 aromatic carbocycles. The van der Waals surface area contributed by atoms with Gasteiger partial charge >= 0.3 is 0 Å². The summed E-state index contributed by atoms with van der Waals surface area (Å²) in [5.74, 6) is 0.737. The van der Waals surface area contributed by atoms with Crippen molar-refractivity contribution in [3.63, 3.8) is 0 Å². The average molecular weight is 201 g/mol. The van der Waals surface area contributed by atoms with Crippen molar-refractivity contribution >= 4 is 0 Å². The van der Waals surface area contributed by atoms with E-state index in [1.165, 1.54) is 12.8 Å². The van der Waals surface area contributed by atoms with Crippen LogP contribution in [0.4, 0.5) is 0 Å². The zero-order chi connectivity index (χ0) is 9.97. The molecule has 4 nitrogen and oxygen atoms in total. The Morgan fingerprint density at radius 3 is 2.79 bits per heavy atom. The maximum atomic E-state index is 9.21. The van der Waals surface area contributed by atoms with Crippen molar-refractivity contribution in [2.24, 2.45) is 5.92 Å². The van der Waals surface area contributed by atoms with Crippen LogP contribution in [0.5, 0.6) is 0 Å². The third-order valence-electron chi connectivity index (χ3n) is 3.05. The van der Waals surface area contributed by atoms with Gasteiger partial charge in [-0.25, -0.2) is 0 Å². The van der Waals surface area contributed by atoms with E-state index in [0.29, 0.717) is 18.7 Å². The highest BCUT2D eigenvalue weighted by Gasteiger charge is 2.40. The fourth-order valence-electron chi connectivity index (χ4n) is 2.07. The Hall–Kier alpha value is -0.160. The Morgan fingerprint density at radius 2 is 2.14 bits per heavy atom. The third-order valence-corrected chi connectivity index (χ3v) is 3.05. The largest absolute Gasteiger partial charge is 0.394 e. The molecule has 1 saturated carbocycles. The topological polar surface area (TPSA) is 61.7 Å². The normalized spacial score (nSPS) is 34.7. The number of aliphatic hydroxyl groups excluding tert-OH is 2. The Bertz CT molecular complexity index is 184. The molecule has 2 aliphatic rings. The van der Waals surface area contributed by atoms with E-state index in [-0.39, 0.29) is 6.61 Å². The van der Waals surface area contributed by atoms with Crippen molar-refractivity contribution < 1.29 is 14.9 Å². The SMILES string of the molecule is OC[C@@H](O)CNC1CCOC1C1CC1. The first-order chi connectivity index (χ1) is 6.81. The van der Waals surface area contributed by atoms with E-state index in [1.807, 2.05) is 0 Å². The molecule has 0 radical (unpaired) electrons. The Morgan fingerprint density at radius 1 is 1.36 bits per heavy atom. The standard InChI is InChI=1S/C10H19NO3/c12-6-8(13)5-11-9-3-4-14-10(9)7-1-2-7/h7-13H,1-6H2/t8-,9?,10?/m0/s1. The maximum Gasteiger partial charge on any atom is 0.0895 e. The minimum absolute atomic E-state index is 0.172. The van der Waals surface area contributed by atoms with Crippen molar-refractivity contribution in [2.75, 3.05) is 19.8 Å². The van der Waals surface area contributed by atoms with E-state index >= 15 is 0 Å². The lowest BCUT2D eigenvalue weighted by Crippen LogP contribution is -2.42. The number of nitrogens with one attached hydrogen (secondary N) is 1. The van der Waals surface area contributed by atoms with Gasteiger partial charge in [0.05, 0.1) is 18.8 Å². The van der Waals surface area contributed by atoms with E-state index in [2.05, 4.69) is 5.32 Å². The number of ether oxygens (including phenoxy) is 1. The summed E-state index contributed by atoms with van der Waals surface area (Å²) in [5.41, 5.74) is 0. The molecule has 1 aliphatic heterocycles. The van der Waals surface area contributed by atoms with Gasteiger partial charge in [0, 0.05) is 19.2 Å². The van der Waals surface area contributed by atoms with Gasteiger partial charge in [-0.15, -0.1) is 0 Å². The van der Waals surface area contributed by atoms with Gasteiger partial charge in [0.2, 0.25) is 0 Å². The van der Waals surface area contributed by atoms with Crippen LogP contribution < -0.4 is 5.32 Å². The number of hydrogen-bond donors (Lipinski definition) is 3. The highest BCUT2D eigenvalue weighted by atomic mass is 16.5. The smallest absolute Gasteiger partial charge is 0.0895 e. The van der Waals surface area contributed by atoms with Crippen LogP contribution in [-0.2, 0) is 4.74 Å². The second-order valence-electron chi connectivity index (χ2n) is 4.31. The Labute approximate surface area is 84.3 Å². The van der Waals surface area contributed by atoms with E-state index in [1.54, 1.807) is 0 Å². The van der Waals surface area contributed by atoms with E-state index in [0.717, 1.165) is 18.9 Å². The molecule has 2 fully saturated rings. The Balaban J connectivity index is 1.73. The molecule has 0 aromatic heterocycles. The van der Waals surface area contributed by atoms with Crippen LogP contribution in [0, 0.1) is 5.92 Å². The van der Waals surface area contributed by atoms with Crippen molar-refractivity contribution in [1.82, 2.24) is 5.32 Å². The fraction of sp³-hybridized carbons (Fsp3) is 1.00. The van der Waals surface area contributed by atoms with Crippen LogP contribution in [0.25, 0.3) is 0 Å². The molecule has 1 heterocycles. The third kappa shape index (κ3) is 2.45. The molecule has 0 bridgehead atoms. The molecule has 0 amide bonds. The maximum absolute atomic E-state index is 9.21. The van der Waals surface area contributed by atoms with Gasteiger partial charge in [0.15, 0.2) is 0 Å². The van der Waals surface area contributed by atoms with Gasteiger partial charge in [-0.1, -0.05) is 0 Å². The second kappa shape index (κ2) is 4.57. The highest BCUT2D eigenvalue weighted by molar-refractivity contribution is 4.93. The number of hydrogen-bond acceptors (Lipinski definition) is 4. The molecule has 0 aromatic rings. The van der Waals surface area contributed by atoms with Crippen LogP contribution in [-0.4, -0.2) is 48.2 Å². The number of aliphatic hydroxyl groups is 2. The van der Waals surface area contributed by atoms with Gasteiger partial charge in [-0.2, -0.15) is 0 Å². The molecule has 14 heavy (non-hydrogen) atoms. The Kier molecular flexibility index (Phi) is 3.38. The summed E-state index contributed by atoms with van der Waals surface area (Å²) in [6, 6.07) is 0.378. The zero-order valence-corrected chi connectivity index (χ0v) is 8.35. The van der Waals surface area contributed by atoms with Crippen molar-refractivity contribution in [1.29, 1.82) is 0 Å². The zero-order valence-electron chi connectivity index (χ0n) is 8.35. The van der Waals surface area contributed by atoms with E-state index in [4.69, 9.17) is 9.84 Å². The summed E-state index contributed by atoms with van der Waals surface area (Å²) in [6.07, 6.45) is 3.30. The van der Waals surface area contributed by atoms with Crippen LogP contribution in [0.3, 0.4) is 0 Å². The van der Waals surface area contributed by atoms with Crippen molar-refractivity contribution in [3.8, 4) is 0 Å². The van der Waals surface area contributed by atoms with Crippen LogP contribution in [0.2, 0.25) is 0 Å². The summed E-state index contributed by atoms with van der Waals surface area (Å²) in [7, 11) is 0. The van der Waals surface area contributed by atoms with Gasteiger partial charge < -0.3 is 20.3 Å². The lowest BCUT2D eigenvalue weighted by Gasteiger charge is -2.20. The number of rotatable bonds is 5. The van der Waals surface area contributed by atoms with Crippen LogP contribution >= 0.6 is 0 Å². The van der Waals surface area contributed by atoms with Gasteiger partial charge in [-0.05, 0) is 25.2 Å². The average Bonchev–Trinajstić information content (AvgIpc) is 2.94. The predicted octanol–water partition coefficient (Wildman–Crippen LogP) is -0.503. The molecular weight excluding hydrogens is 182 g/mol. The van der Waals surface area contributed by atoms with E-state index in [9.17, 15) is 5.11 Å². The summed E-state index contributed by atoms with van der Waals surface area (Å²) in [4.78, 5) is 0. The first-order valence-corrected chi connectivity index (χ1v) is 5.45. The van der Waals surface area contributed by atoms with Crippen LogP contribution in [0.15, 0.2) is 0 Å².